The molecule has 0 bridgehead atoms. The monoisotopic (exact) mass is 776 g/mol. The molecule has 9 nitrogen and oxygen atoms in total. The molecular formula is C42H41F5N4O5. The van der Waals surface area contributed by atoms with E-state index in [2.05, 4.69) is 0 Å². The van der Waals surface area contributed by atoms with E-state index in [-0.39, 0.29) is 51.8 Å². The van der Waals surface area contributed by atoms with Gasteiger partial charge in [0.25, 0.3) is 0 Å². The number of nitrogens with zero attached hydrogens (tertiary/aromatic N) is 4. The number of hydrogen-bond donors (Lipinski definition) is 1. The van der Waals surface area contributed by atoms with Gasteiger partial charge in [-0.15, -0.1) is 0 Å². The van der Waals surface area contributed by atoms with E-state index in [1.54, 1.807) is 24.0 Å². The van der Waals surface area contributed by atoms with Crippen molar-refractivity contribution in [1.29, 1.82) is 0 Å². The maximum atomic E-state index is 14.7. The third kappa shape index (κ3) is 6.66. The minimum Gasteiger partial charge on any atom is -0.480 e. The summed E-state index contributed by atoms with van der Waals surface area (Å²) < 4.78 is 89.4. The molecule has 4 atom stereocenters. The highest BCUT2D eigenvalue weighted by Gasteiger charge is 2.50. The normalized spacial score (nSPS) is 22.8. The van der Waals surface area contributed by atoms with Gasteiger partial charge < -0.3 is 18.7 Å². The first-order chi connectivity index (χ1) is 26.7. The van der Waals surface area contributed by atoms with Crippen LogP contribution in [-0.4, -0.2) is 63.1 Å². The van der Waals surface area contributed by atoms with Gasteiger partial charge in [-0.3, -0.25) is 14.6 Å². The van der Waals surface area contributed by atoms with Crippen LogP contribution in [0.1, 0.15) is 85.2 Å². The summed E-state index contributed by atoms with van der Waals surface area (Å²) in [6, 6.07) is 11.8. The molecule has 4 heterocycles. The number of alkyl halides is 5. The summed E-state index contributed by atoms with van der Waals surface area (Å²) >= 11 is 0. The number of rotatable bonds is 10. The Balaban J connectivity index is 1.30. The van der Waals surface area contributed by atoms with Crippen molar-refractivity contribution in [2.45, 2.75) is 83.3 Å². The second kappa shape index (κ2) is 14.5. The molecule has 0 spiro atoms. The zero-order chi connectivity index (χ0) is 39.5. The van der Waals surface area contributed by atoms with Crippen molar-refractivity contribution >= 4 is 33.7 Å². The highest BCUT2D eigenvalue weighted by Crippen LogP contribution is 2.50. The summed E-state index contributed by atoms with van der Waals surface area (Å²) in [5.74, 6) is -1.58. The molecule has 1 N–H and O–H groups in total. The van der Waals surface area contributed by atoms with Crippen LogP contribution in [0.4, 0.5) is 22.0 Å². The largest absolute Gasteiger partial charge is 0.480 e. The number of carboxylic acid groups (broad SMARTS) is 1. The van der Waals surface area contributed by atoms with Crippen LogP contribution in [0.25, 0.3) is 27.8 Å². The molecule has 0 saturated carbocycles. The Morgan fingerprint density at radius 3 is 2.34 bits per heavy atom. The number of halogens is 5. The Kier molecular flexibility index (Phi) is 9.76. The third-order valence-electron chi connectivity index (χ3n) is 11.8. The van der Waals surface area contributed by atoms with E-state index in [4.69, 9.17) is 23.5 Å². The molecule has 0 amide bonds. The molecule has 14 heteroatoms. The maximum absolute atomic E-state index is 14.7. The molecule has 2 aliphatic heterocycles. The van der Waals surface area contributed by atoms with Gasteiger partial charge in [-0.05, 0) is 99.6 Å². The lowest BCUT2D eigenvalue weighted by molar-refractivity contribution is -0.142. The molecular weight excluding hydrogens is 735 g/mol. The standard InChI is InChI=1S/C42H41F5N4O5/c1-23-10-4-5-11-27(23)28-12-8-14-41(24(28)2,39-49-32-19-29(25(3)50-15-6-7-16-50)30(42(45,46)47)20-35(32)54-39)38-48-31-18-26(22-51-17-9-13-33(51)37(52)53)34(56-40(43)44)21-36(31)55-38/h4-5,8,10-12,14,18-21,24-25,33,40H,6-7,9,13,15-17,22H2,1-3H3,(H,52,53)/t24?,25?,33-,41?/m0/s1. The van der Waals surface area contributed by atoms with Crippen molar-refractivity contribution in [2.24, 2.45) is 5.92 Å². The second-order valence-corrected chi connectivity index (χ2v) is 15.0. The number of ether oxygens (including phenoxy) is 1. The van der Waals surface area contributed by atoms with E-state index in [1.807, 2.05) is 55.2 Å². The maximum Gasteiger partial charge on any atom is 0.416 e. The van der Waals surface area contributed by atoms with Crippen LogP contribution >= 0.6 is 0 Å². The Hall–Kier alpha value is -5.08. The average Bonchev–Trinajstić information content (AvgIpc) is 3.98. The number of likely N-dealkylation sites (tertiary alicyclic amines) is 2. The van der Waals surface area contributed by atoms with Crippen molar-refractivity contribution in [1.82, 2.24) is 19.8 Å². The summed E-state index contributed by atoms with van der Waals surface area (Å²) in [5, 5.41) is 9.77. The number of aryl methyl sites for hydroxylation is 1. The molecule has 3 aromatic carbocycles. The lowest BCUT2D eigenvalue weighted by Crippen LogP contribution is -2.36. The smallest absolute Gasteiger partial charge is 0.416 e. The van der Waals surface area contributed by atoms with Gasteiger partial charge in [0.2, 0.25) is 11.8 Å². The molecule has 1 aliphatic carbocycles. The number of fused-ring (bicyclic) bond motifs is 2. The van der Waals surface area contributed by atoms with Crippen LogP contribution in [-0.2, 0) is 22.9 Å². The van der Waals surface area contributed by atoms with Crippen LogP contribution < -0.4 is 4.74 Å². The van der Waals surface area contributed by atoms with Gasteiger partial charge in [0, 0.05) is 30.1 Å². The van der Waals surface area contributed by atoms with Gasteiger partial charge in [0.05, 0.1) is 5.56 Å². The molecule has 2 fully saturated rings. The number of carbonyl (C=O) groups is 1. The van der Waals surface area contributed by atoms with E-state index >= 15 is 0 Å². The zero-order valence-corrected chi connectivity index (χ0v) is 31.1. The van der Waals surface area contributed by atoms with E-state index in [1.165, 1.54) is 12.1 Å². The molecule has 0 radical (unpaired) electrons. The van der Waals surface area contributed by atoms with Crippen LogP contribution in [0.2, 0.25) is 0 Å². The second-order valence-electron chi connectivity index (χ2n) is 15.0. The topological polar surface area (TPSA) is 105 Å². The number of carboxylic acids is 1. The SMILES string of the molecule is Cc1ccccc1C1=CC=CC(c2nc3cc(CN4CCC[C@H]4C(=O)O)c(OC(F)F)cc3o2)(c2nc3cc(C(C)N4CCCC4)c(C(F)(F)F)cc3o2)C1C. The molecule has 3 unspecified atom stereocenters. The highest BCUT2D eigenvalue weighted by atomic mass is 19.4. The van der Waals surface area contributed by atoms with Gasteiger partial charge in [-0.1, -0.05) is 49.4 Å². The molecule has 2 aromatic heterocycles. The number of aromatic nitrogens is 2. The number of aliphatic carboxylic acids is 1. The fraction of sp³-hybridized carbons (Fsp3) is 0.405. The molecule has 5 aromatic rings. The van der Waals surface area contributed by atoms with Crippen LogP contribution in [0.15, 0.2) is 75.6 Å². The number of allylic oxidation sites excluding steroid dienone is 4. The summed E-state index contributed by atoms with van der Waals surface area (Å²) in [4.78, 5) is 25.5. The van der Waals surface area contributed by atoms with Crippen molar-refractivity contribution in [2.75, 3.05) is 19.6 Å². The van der Waals surface area contributed by atoms with Crippen molar-refractivity contribution in [3.63, 3.8) is 0 Å². The predicted molar refractivity (Wildman–Crippen MR) is 198 cm³/mol. The molecule has 2 saturated heterocycles. The van der Waals surface area contributed by atoms with E-state index in [9.17, 15) is 31.9 Å². The number of benzene rings is 3. The zero-order valence-electron chi connectivity index (χ0n) is 31.1. The minimum atomic E-state index is -4.66. The van der Waals surface area contributed by atoms with Crippen molar-refractivity contribution in [3.05, 3.63) is 106 Å². The molecule has 3 aliphatic rings. The van der Waals surface area contributed by atoms with Crippen molar-refractivity contribution in [3.8, 4) is 5.75 Å². The van der Waals surface area contributed by atoms with Crippen LogP contribution in [0.3, 0.4) is 0 Å². The first-order valence-electron chi connectivity index (χ1n) is 18.8. The average molecular weight is 777 g/mol. The van der Waals surface area contributed by atoms with Gasteiger partial charge in [0.15, 0.2) is 11.2 Å². The molecule has 56 heavy (non-hydrogen) atoms. The summed E-state index contributed by atoms with van der Waals surface area (Å²) in [5.41, 5.74) is 1.56. The highest BCUT2D eigenvalue weighted by molar-refractivity contribution is 5.80. The quantitative estimate of drug-likeness (QED) is 0.139. The lowest BCUT2D eigenvalue weighted by Gasteiger charge is -2.35. The minimum absolute atomic E-state index is 0.0175. The fourth-order valence-corrected chi connectivity index (χ4v) is 8.76. The van der Waals surface area contributed by atoms with E-state index in [0.717, 1.165) is 35.6 Å². The Labute approximate surface area is 319 Å². The Bertz CT molecular complexity index is 2360. The Morgan fingerprint density at radius 2 is 1.68 bits per heavy atom. The van der Waals surface area contributed by atoms with Gasteiger partial charge in [-0.25, -0.2) is 9.97 Å². The summed E-state index contributed by atoms with van der Waals surface area (Å²) in [7, 11) is 0. The van der Waals surface area contributed by atoms with E-state index in [0.29, 0.717) is 38.0 Å². The van der Waals surface area contributed by atoms with E-state index < -0.39 is 47.7 Å². The first-order valence-corrected chi connectivity index (χ1v) is 18.8. The number of oxazole rings is 2. The van der Waals surface area contributed by atoms with Gasteiger partial charge in [-0.2, -0.15) is 22.0 Å². The predicted octanol–water partition coefficient (Wildman–Crippen LogP) is 9.68. The summed E-state index contributed by atoms with van der Waals surface area (Å²) in [6.45, 7) is 4.39. The van der Waals surface area contributed by atoms with Gasteiger partial charge in [0.1, 0.15) is 28.2 Å². The van der Waals surface area contributed by atoms with Crippen LogP contribution in [0.5, 0.6) is 5.75 Å². The fourth-order valence-electron chi connectivity index (χ4n) is 8.76. The lowest BCUT2D eigenvalue weighted by atomic mass is 9.67. The molecule has 294 valence electrons. The van der Waals surface area contributed by atoms with Crippen molar-refractivity contribution < 1.29 is 45.4 Å². The first kappa shape index (κ1) is 37.8. The Morgan fingerprint density at radius 1 is 1.00 bits per heavy atom. The van der Waals surface area contributed by atoms with Crippen LogP contribution in [0, 0.1) is 12.8 Å². The number of hydrogen-bond acceptors (Lipinski definition) is 8. The molecule has 8 rings (SSSR count). The summed E-state index contributed by atoms with van der Waals surface area (Å²) in [6.07, 6.45) is 3.79. The van der Waals surface area contributed by atoms with Gasteiger partial charge >= 0.3 is 18.8 Å². The third-order valence-corrected chi connectivity index (χ3v) is 11.8.